The number of hydrogen-bond acceptors (Lipinski definition) is 3. The van der Waals surface area contributed by atoms with Crippen molar-refractivity contribution in [1.29, 1.82) is 0 Å². The monoisotopic (exact) mass is 327 g/mol. The lowest BCUT2D eigenvalue weighted by Gasteiger charge is -2.13. The van der Waals surface area contributed by atoms with Gasteiger partial charge in [-0.3, -0.25) is 4.79 Å². The van der Waals surface area contributed by atoms with Crippen LogP contribution in [-0.2, 0) is 10.9 Å². The van der Waals surface area contributed by atoms with Crippen molar-refractivity contribution >= 4 is 5.91 Å². The predicted octanol–water partition coefficient (Wildman–Crippen LogP) is 2.58. The molecule has 1 aromatic heterocycles. The molecule has 0 atom stereocenters. The molecule has 0 aliphatic carbocycles. The quantitative estimate of drug-likeness (QED) is 0.859. The summed E-state index contributed by atoms with van der Waals surface area (Å²) in [6, 6.07) is 6.39. The number of hydrogen-bond donors (Lipinski definition) is 1. The molecule has 1 aromatic carbocycles. The number of rotatable bonds is 5. The van der Waals surface area contributed by atoms with Crippen LogP contribution in [0.15, 0.2) is 30.5 Å². The SMILES string of the molecule is COCCNC(=O)c1cnn(-c2ccc(C)cc2)c1C(F)(F)F. The lowest BCUT2D eigenvalue weighted by Crippen LogP contribution is -2.29. The molecule has 0 bridgehead atoms. The zero-order valence-electron chi connectivity index (χ0n) is 12.6. The van der Waals surface area contributed by atoms with Gasteiger partial charge in [-0.2, -0.15) is 18.3 Å². The maximum atomic E-state index is 13.4. The van der Waals surface area contributed by atoms with E-state index in [1.807, 2.05) is 6.92 Å². The Morgan fingerprint density at radius 3 is 2.52 bits per heavy atom. The average Bonchev–Trinajstić information content (AvgIpc) is 2.93. The maximum absolute atomic E-state index is 13.4. The van der Waals surface area contributed by atoms with E-state index in [1.54, 1.807) is 12.1 Å². The Bertz CT molecular complexity index is 678. The van der Waals surface area contributed by atoms with Crippen LogP contribution in [0.2, 0.25) is 0 Å². The number of carbonyl (C=O) groups is 1. The van der Waals surface area contributed by atoms with E-state index in [1.165, 1.54) is 19.2 Å². The second kappa shape index (κ2) is 6.82. The number of halogens is 3. The van der Waals surface area contributed by atoms with Crippen LogP contribution in [0, 0.1) is 6.92 Å². The number of nitrogens with one attached hydrogen (secondary N) is 1. The number of aryl methyl sites for hydroxylation is 1. The number of benzene rings is 1. The zero-order chi connectivity index (χ0) is 17.0. The van der Waals surface area contributed by atoms with Crippen molar-refractivity contribution in [3.63, 3.8) is 0 Å². The lowest BCUT2D eigenvalue weighted by molar-refractivity contribution is -0.143. The average molecular weight is 327 g/mol. The highest BCUT2D eigenvalue weighted by Gasteiger charge is 2.40. The van der Waals surface area contributed by atoms with Crippen LogP contribution in [0.5, 0.6) is 0 Å². The summed E-state index contributed by atoms with van der Waals surface area (Å²) >= 11 is 0. The maximum Gasteiger partial charge on any atom is 0.434 e. The Hall–Kier alpha value is -2.35. The molecule has 0 saturated heterocycles. The van der Waals surface area contributed by atoms with Crippen LogP contribution >= 0.6 is 0 Å². The highest BCUT2D eigenvalue weighted by Crippen LogP contribution is 2.33. The van der Waals surface area contributed by atoms with Crippen molar-refractivity contribution in [1.82, 2.24) is 15.1 Å². The number of amides is 1. The topological polar surface area (TPSA) is 56.1 Å². The van der Waals surface area contributed by atoms with Gasteiger partial charge in [-0.1, -0.05) is 17.7 Å². The van der Waals surface area contributed by atoms with Gasteiger partial charge in [0.1, 0.15) is 0 Å². The van der Waals surface area contributed by atoms with E-state index in [0.29, 0.717) is 0 Å². The fourth-order valence-corrected chi connectivity index (χ4v) is 2.03. The molecule has 124 valence electrons. The summed E-state index contributed by atoms with van der Waals surface area (Å²) in [5.74, 6) is -0.840. The normalized spacial score (nSPS) is 11.5. The molecule has 23 heavy (non-hydrogen) atoms. The number of ether oxygens (including phenoxy) is 1. The highest BCUT2D eigenvalue weighted by atomic mass is 19.4. The molecule has 1 N–H and O–H groups in total. The number of methoxy groups -OCH3 is 1. The Morgan fingerprint density at radius 2 is 1.96 bits per heavy atom. The Labute approximate surface area is 131 Å². The second-order valence-corrected chi connectivity index (χ2v) is 4.90. The molecule has 0 radical (unpaired) electrons. The van der Waals surface area contributed by atoms with E-state index in [-0.39, 0.29) is 18.8 Å². The third-order valence-electron chi connectivity index (χ3n) is 3.15. The molecule has 0 spiro atoms. The van der Waals surface area contributed by atoms with E-state index in [9.17, 15) is 18.0 Å². The van der Waals surface area contributed by atoms with Gasteiger partial charge in [-0.05, 0) is 19.1 Å². The summed E-state index contributed by atoms with van der Waals surface area (Å²) in [6.45, 7) is 2.15. The van der Waals surface area contributed by atoms with Gasteiger partial charge in [-0.25, -0.2) is 4.68 Å². The summed E-state index contributed by atoms with van der Waals surface area (Å²) in [5, 5.41) is 6.11. The van der Waals surface area contributed by atoms with Gasteiger partial charge in [0, 0.05) is 13.7 Å². The van der Waals surface area contributed by atoms with Gasteiger partial charge in [0.15, 0.2) is 5.69 Å². The molecular formula is C15H16F3N3O2. The summed E-state index contributed by atoms with van der Waals surface area (Å²) in [6.07, 6.45) is -3.79. The number of nitrogens with zero attached hydrogens (tertiary/aromatic N) is 2. The van der Waals surface area contributed by atoms with Crippen molar-refractivity contribution in [2.45, 2.75) is 13.1 Å². The first-order valence-electron chi connectivity index (χ1n) is 6.84. The van der Waals surface area contributed by atoms with E-state index in [2.05, 4.69) is 10.4 Å². The lowest BCUT2D eigenvalue weighted by atomic mass is 10.2. The molecule has 0 fully saturated rings. The number of carbonyl (C=O) groups excluding carboxylic acids is 1. The third kappa shape index (κ3) is 3.89. The van der Waals surface area contributed by atoms with E-state index >= 15 is 0 Å². The van der Waals surface area contributed by atoms with Crippen LogP contribution in [0.1, 0.15) is 21.6 Å². The van der Waals surface area contributed by atoms with E-state index in [0.717, 1.165) is 16.4 Å². The summed E-state index contributed by atoms with van der Waals surface area (Å²) in [5.41, 5.74) is -0.476. The molecule has 1 heterocycles. The molecule has 8 heteroatoms. The smallest absolute Gasteiger partial charge is 0.383 e. The number of alkyl halides is 3. The fourth-order valence-electron chi connectivity index (χ4n) is 2.03. The Balaban J connectivity index is 2.41. The molecule has 0 saturated carbocycles. The van der Waals surface area contributed by atoms with Gasteiger partial charge < -0.3 is 10.1 Å². The molecule has 0 unspecified atom stereocenters. The number of aromatic nitrogens is 2. The first-order valence-corrected chi connectivity index (χ1v) is 6.84. The van der Waals surface area contributed by atoms with Crippen LogP contribution in [0.4, 0.5) is 13.2 Å². The van der Waals surface area contributed by atoms with Crippen molar-refractivity contribution < 1.29 is 22.7 Å². The van der Waals surface area contributed by atoms with Gasteiger partial charge in [0.2, 0.25) is 0 Å². The van der Waals surface area contributed by atoms with Crippen molar-refractivity contribution in [2.75, 3.05) is 20.3 Å². The third-order valence-corrected chi connectivity index (χ3v) is 3.15. The minimum atomic E-state index is -4.71. The largest absolute Gasteiger partial charge is 0.434 e. The van der Waals surface area contributed by atoms with E-state index in [4.69, 9.17) is 4.74 Å². The molecule has 0 aliphatic heterocycles. The second-order valence-electron chi connectivity index (χ2n) is 4.90. The molecule has 5 nitrogen and oxygen atoms in total. The van der Waals surface area contributed by atoms with Gasteiger partial charge in [0.25, 0.3) is 5.91 Å². The minimum Gasteiger partial charge on any atom is -0.383 e. The first-order chi connectivity index (χ1) is 10.8. The summed E-state index contributed by atoms with van der Waals surface area (Å²) in [7, 11) is 1.43. The Kier molecular flexibility index (Phi) is 5.05. The minimum absolute atomic E-state index is 0.113. The summed E-state index contributed by atoms with van der Waals surface area (Å²) in [4.78, 5) is 12.0. The molecule has 0 aliphatic rings. The van der Waals surface area contributed by atoms with Gasteiger partial charge in [0.05, 0.1) is 24.1 Å². The predicted molar refractivity (Wildman–Crippen MR) is 77.5 cm³/mol. The molecule has 2 aromatic rings. The highest BCUT2D eigenvalue weighted by molar-refractivity contribution is 5.95. The van der Waals surface area contributed by atoms with Gasteiger partial charge in [-0.15, -0.1) is 0 Å². The van der Waals surface area contributed by atoms with E-state index < -0.39 is 23.3 Å². The summed E-state index contributed by atoms with van der Waals surface area (Å²) < 4.78 is 45.7. The van der Waals surface area contributed by atoms with Crippen LogP contribution in [-0.4, -0.2) is 35.9 Å². The van der Waals surface area contributed by atoms with Crippen molar-refractivity contribution in [3.8, 4) is 5.69 Å². The van der Waals surface area contributed by atoms with Gasteiger partial charge >= 0.3 is 6.18 Å². The fraction of sp³-hybridized carbons (Fsp3) is 0.333. The standard InChI is InChI=1S/C15H16F3N3O2/c1-10-3-5-11(6-4-10)21-13(15(16,17)18)12(9-20-21)14(22)19-7-8-23-2/h3-6,9H,7-8H2,1-2H3,(H,19,22). The first kappa shape index (κ1) is 17.0. The Morgan fingerprint density at radius 1 is 1.30 bits per heavy atom. The van der Waals surface area contributed by atoms with Crippen LogP contribution in [0.25, 0.3) is 5.69 Å². The van der Waals surface area contributed by atoms with Crippen molar-refractivity contribution in [2.24, 2.45) is 0 Å². The molecule has 2 rings (SSSR count). The zero-order valence-corrected chi connectivity index (χ0v) is 12.6. The molecular weight excluding hydrogens is 311 g/mol. The van der Waals surface area contributed by atoms with Crippen LogP contribution < -0.4 is 5.32 Å². The van der Waals surface area contributed by atoms with Crippen LogP contribution in [0.3, 0.4) is 0 Å². The van der Waals surface area contributed by atoms with Crippen molar-refractivity contribution in [3.05, 3.63) is 47.3 Å². The molecule has 1 amide bonds.